The first-order valence-corrected chi connectivity index (χ1v) is 8.74. The van der Waals surface area contributed by atoms with Crippen molar-refractivity contribution in [3.05, 3.63) is 59.7 Å². The summed E-state index contributed by atoms with van der Waals surface area (Å²) in [5.74, 6) is -0.497. The van der Waals surface area contributed by atoms with E-state index in [0.29, 0.717) is 11.3 Å². The van der Waals surface area contributed by atoms with Gasteiger partial charge in [-0.05, 0) is 48.7 Å². The minimum Gasteiger partial charge on any atom is -0.378 e. The van der Waals surface area contributed by atoms with Crippen molar-refractivity contribution in [2.45, 2.75) is 26.8 Å². The Hall–Kier alpha value is -2.82. The van der Waals surface area contributed by atoms with Gasteiger partial charge in [0.1, 0.15) is 6.04 Å². The van der Waals surface area contributed by atoms with Crippen molar-refractivity contribution >= 4 is 23.2 Å². The van der Waals surface area contributed by atoms with Gasteiger partial charge in [0, 0.05) is 31.0 Å². The number of benzene rings is 2. The van der Waals surface area contributed by atoms with Crippen molar-refractivity contribution in [3.8, 4) is 0 Å². The summed E-state index contributed by atoms with van der Waals surface area (Å²) in [6, 6.07) is 14.3. The van der Waals surface area contributed by atoms with Gasteiger partial charge in [0.25, 0.3) is 5.91 Å². The molecule has 0 aliphatic carbocycles. The molecule has 1 atom stereocenters. The van der Waals surface area contributed by atoms with E-state index in [1.807, 2.05) is 82.2 Å². The van der Waals surface area contributed by atoms with E-state index >= 15 is 0 Å². The van der Waals surface area contributed by atoms with Crippen LogP contribution in [-0.2, 0) is 4.79 Å². The Balaban J connectivity index is 2.10. The highest BCUT2D eigenvalue weighted by molar-refractivity contribution is 6.01. The lowest BCUT2D eigenvalue weighted by atomic mass is 10.0. The molecule has 0 saturated heterocycles. The molecule has 138 valence electrons. The first-order chi connectivity index (χ1) is 12.3. The molecular formula is C21H27N3O2. The Kier molecular flexibility index (Phi) is 6.39. The van der Waals surface area contributed by atoms with Crippen LogP contribution in [0.25, 0.3) is 0 Å². The maximum absolute atomic E-state index is 12.7. The van der Waals surface area contributed by atoms with Crippen molar-refractivity contribution < 1.29 is 9.59 Å². The number of carbonyl (C=O) groups is 2. The van der Waals surface area contributed by atoms with Gasteiger partial charge in [-0.25, -0.2) is 0 Å². The van der Waals surface area contributed by atoms with E-state index in [-0.39, 0.29) is 17.7 Å². The van der Waals surface area contributed by atoms with Crippen LogP contribution in [0, 0.1) is 12.8 Å². The SMILES string of the molecule is Cc1ccccc1C(=O)NC(C(=O)Nc1ccc(N(C)C)cc1)C(C)C. The molecule has 0 aromatic heterocycles. The fourth-order valence-corrected chi connectivity index (χ4v) is 2.64. The van der Waals surface area contributed by atoms with Gasteiger partial charge in [0.15, 0.2) is 0 Å². The van der Waals surface area contributed by atoms with Gasteiger partial charge in [-0.15, -0.1) is 0 Å². The van der Waals surface area contributed by atoms with E-state index < -0.39 is 6.04 Å². The number of anilines is 2. The molecule has 26 heavy (non-hydrogen) atoms. The van der Waals surface area contributed by atoms with Gasteiger partial charge in [0.2, 0.25) is 5.91 Å². The van der Waals surface area contributed by atoms with Gasteiger partial charge < -0.3 is 15.5 Å². The zero-order valence-corrected chi connectivity index (χ0v) is 16.0. The second-order valence-electron chi connectivity index (χ2n) is 6.94. The predicted octanol–water partition coefficient (Wildman–Crippen LogP) is 3.45. The molecule has 2 rings (SSSR count). The molecule has 0 aliphatic heterocycles. The van der Waals surface area contributed by atoms with Gasteiger partial charge in [-0.2, -0.15) is 0 Å². The first kappa shape index (κ1) is 19.5. The summed E-state index contributed by atoms with van der Waals surface area (Å²) in [4.78, 5) is 27.2. The highest BCUT2D eigenvalue weighted by Crippen LogP contribution is 2.17. The smallest absolute Gasteiger partial charge is 0.252 e. The zero-order chi connectivity index (χ0) is 19.3. The second-order valence-corrected chi connectivity index (χ2v) is 6.94. The van der Waals surface area contributed by atoms with E-state index in [2.05, 4.69) is 10.6 Å². The third kappa shape index (κ3) is 4.85. The summed E-state index contributed by atoms with van der Waals surface area (Å²) in [5.41, 5.74) is 3.22. The molecule has 2 aromatic rings. The molecular weight excluding hydrogens is 326 g/mol. The average molecular weight is 353 g/mol. The van der Waals surface area contributed by atoms with Crippen molar-refractivity contribution in [2.24, 2.45) is 5.92 Å². The molecule has 5 nitrogen and oxygen atoms in total. The monoisotopic (exact) mass is 353 g/mol. The van der Waals surface area contributed by atoms with Crippen LogP contribution in [0.5, 0.6) is 0 Å². The lowest BCUT2D eigenvalue weighted by molar-refractivity contribution is -0.118. The number of amides is 2. The molecule has 2 aromatic carbocycles. The average Bonchev–Trinajstić information content (AvgIpc) is 2.59. The number of hydrogen-bond donors (Lipinski definition) is 2. The molecule has 0 saturated carbocycles. The molecule has 0 heterocycles. The Morgan fingerprint density at radius 1 is 0.962 bits per heavy atom. The standard InChI is InChI=1S/C21H27N3O2/c1-14(2)19(23-20(25)18-9-7-6-8-15(18)3)21(26)22-16-10-12-17(13-11-16)24(4)5/h6-14,19H,1-5H3,(H,22,26)(H,23,25). The van der Waals surface area contributed by atoms with Crippen LogP contribution in [0.15, 0.2) is 48.5 Å². The molecule has 0 fully saturated rings. The summed E-state index contributed by atoms with van der Waals surface area (Å²) in [6.45, 7) is 5.71. The minimum absolute atomic E-state index is 0.0379. The second kappa shape index (κ2) is 8.52. The number of carbonyl (C=O) groups excluding carboxylic acids is 2. The Morgan fingerprint density at radius 3 is 2.12 bits per heavy atom. The largest absolute Gasteiger partial charge is 0.378 e. The van der Waals surface area contributed by atoms with Crippen LogP contribution in [0.1, 0.15) is 29.8 Å². The molecule has 0 radical (unpaired) electrons. The van der Waals surface area contributed by atoms with Crippen molar-refractivity contribution in [1.82, 2.24) is 5.32 Å². The van der Waals surface area contributed by atoms with Gasteiger partial charge >= 0.3 is 0 Å². The molecule has 2 N–H and O–H groups in total. The molecule has 0 aliphatic rings. The van der Waals surface area contributed by atoms with Crippen LogP contribution in [0.3, 0.4) is 0 Å². The van der Waals surface area contributed by atoms with Crippen molar-refractivity contribution in [1.29, 1.82) is 0 Å². The quantitative estimate of drug-likeness (QED) is 0.836. The van der Waals surface area contributed by atoms with E-state index in [0.717, 1.165) is 11.3 Å². The van der Waals surface area contributed by atoms with Crippen molar-refractivity contribution in [3.63, 3.8) is 0 Å². The maximum Gasteiger partial charge on any atom is 0.252 e. The third-order valence-corrected chi connectivity index (χ3v) is 4.28. The minimum atomic E-state index is -0.615. The fraction of sp³-hybridized carbons (Fsp3) is 0.333. The number of nitrogens with one attached hydrogen (secondary N) is 2. The lowest BCUT2D eigenvalue weighted by Crippen LogP contribution is -2.47. The summed E-state index contributed by atoms with van der Waals surface area (Å²) < 4.78 is 0. The number of rotatable bonds is 6. The molecule has 1 unspecified atom stereocenters. The first-order valence-electron chi connectivity index (χ1n) is 8.74. The molecule has 2 amide bonds. The summed E-state index contributed by atoms with van der Waals surface area (Å²) in [6.07, 6.45) is 0. The van der Waals surface area contributed by atoms with Crippen LogP contribution in [-0.4, -0.2) is 32.0 Å². The highest BCUT2D eigenvalue weighted by Gasteiger charge is 2.25. The molecule has 0 bridgehead atoms. The fourth-order valence-electron chi connectivity index (χ4n) is 2.64. The van der Waals surface area contributed by atoms with Crippen LogP contribution < -0.4 is 15.5 Å². The van der Waals surface area contributed by atoms with E-state index in [1.165, 1.54) is 0 Å². The number of hydrogen-bond acceptors (Lipinski definition) is 3. The topological polar surface area (TPSA) is 61.4 Å². The van der Waals surface area contributed by atoms with E-state index in [1.54, 1.807) is 6.07 Å². The van der Waals surface area contributed by atoms with Crippen molar-refractivity contribution in [2.75, 3.05) is 24.3 Å². The summed E-state index contributed by atoms with van der Waals surface area (Å²) in [5, 5.41) is 5.75. The van der Waals surface area contributed by atoms with Gasteiger partial charge in [0.05, 0.1) is 0 Å². The van der Waals surface area contributed by atoms with Crippen LogP contribution in [0.4, 0.5) is 11.4 Å². The summed E-state index contributed by atoms with van der Waals surface area (Å²) >= 11 is 0. The lowest BCUT2D eigenvalue weighted by Gasteiger charge is -2.22. The molecule has 5 heteroatoms. The maximum atomic E-state index is 12.7. The third-order valence-electron chi connectivity index (χ3n) is 4.28. The molecule has 0 spiro atoms. The van der Waals surface area contributed by atoms with Gasteiger partial charge in [-0.3, -0.25) is 9.59 Å². The normalized spacial score (nSPS) is 11.8. The van der Waals surface area contributed by atoms with E-state index in [4.69, 9.17) is 0 Å². The van der Waals surface area contributed by atoms with E-state index in [9.17, 15) is 9.59 Å². The van der Waals surface area contributed by atoms with Crippen LogP contribution in [0.2, 0.25) is 0 Å². The Bertz CT molecular complexity index is 767. The highest BCUT2D eigenvalue weighted by atomic mass is 16.2. The summed E-state index contributed by atoms with van der Waals surface area (Å²) in [7, 11) is 3.92. The predicted molar refractivity (Wildman–Crippen MR) is 107 cm³/mol. The zero-order valence-electron chi connectivity index (χ0n) is 16.0. The van der Waals surface area contributed by atoms with Crippen LogP contribution >= 0.6 is 0 Å². The number of aryl methyl sites for hydroxylation is 1. The Morgan fingerprint density at radius 2 is 1.58 bits per heavy atom. The number of nitrogens with zero attached hydrogens (tertiary/aromatic N) is 1. The van der Waals surface area contributed by atoms with Gasteiger partial charge in [-0.1, -0.05) is 32.0 Å². The Labute approximate surface area is 155 Å².